The second-order valence-corrected chi connectivity index (χ2v) is 4.25. The van der Waals surface area contributed by atoms with Crippen molar-refractivity contribution in [3.63, 3.8) is 0 Å². The highest BCUT2D eigenvalue weighted by Crippen LogP contribution is 2.43. The van der Waals surface area contributed by atoms with Crippen LogP contribution in [0.25, 0.3) is 4.85 Å². The van der Waals surface area contributed by atoms with Gasteiger partial charge in [0, 0.05) is 12.3 Å². The zero-order valence-corrected chi connectivity index (χ0v) is 7.02. The average Bonchev–Trinajstić information content (AvgIpc) is 1.57. The van der Waals surface area contributed by atoms with Crippen molar-refractivity contribution >= 4 is 0 Å². The molecule has 0 aromatic carbocycles. The van der Waals surface area contributed by atoms with Crippen molar-refractivity contribution in [2.24, 2.45) is 11.3 Å². The van der Waals surface area contributed by atoms with Crippen LogP contribution in [0.5, 0.6) is 0 Å². The predicted molar refractivity (Wildman–Crippen MR) is 42.6 cm³/mol. The fourth-order valence-corrected chi connectivity index (χ4v) is 1.65. The first kappa shape index (κ1) is 7.60. The Kier molecular flexibility index (Phi) is 1.72. The molecule has 1 saturated carbocycles. The summed E-state index contributed by atoms with van der Waals surface area (Å²) in [6.45, 7) is 13.6. The summed E-state index contributed by atoms with van der Waals surface area (Å²) in [6, 6.07) is 0.333. The number of rotatable bonds is 0. The first-order valence-electron chi connectivity index (χ1n) is 3.92. The van der Waals surface area contributed by atoms with E-state index in [0.717, 1.165) is 6.42 Å². The monoisotopic (exact) mass is 137 g/mol. The Labute approximate surface area is 63.3 Å². The van der Waals surface area contributed by atoms with E-state index in [1.54, 1.807) is 0 Å². The minimum absolute atomic E-state index is 0.333. The summed E-state index contributed by atoms with van der Waals surface area (Å²) < 4.78 is 0. The Morgan fingerprint density at radius 2 is 1.90 bits per heavy atom. The van der Waals surface area contributed by atoms with Crippen molar-refractivity contribution in [3.8, 4) is 0 Å². The summed E-state index contributed by atoms with van der Waals surface area (Å²) >= 11 is 0. The van der Waals surface area contributed by atoms with Crippen molar-refractivity contribution in [3.05, 3.63) is 11.4 Å². The molecule has 0 amide bonds. The normalized spacial score (nSPS) is 32.6. The smallest absolute Gasteiger partial charge is 0.227 e. The second kappa shape index (κ2) is 2.27. The molecule has 0 saturated heterocycles. The van der Waals surface area contributed by atoms with Gasteiger partial charge in [0.05, 0.1) is 0 Å². The Hall–Kier alpha value is -0.510. The maximum absolute atomic E-state index is 6.90. The third kappa shape index (κ3) is 1.16. The molecule has 2 atom stereocenters. The lowest BCUT2D eigenvalue weighted by Gasteiger charge is -2.37. The van der Waals surface area contributed by atoms with Crippen molar-refractivity contribution in [2.75, 3.05) is 0 Å². The Balaban J connectivity index is 2.53. The summed E-state index contributed by atoms with van der Waals surface area (Å²) in [6.07, 6.45) is 2.39. The third-order valence-corrected chi connectivity index (χ3v) is 2.52. The molecule has 0 aromatic rings. The van der Waals surface area contributed by atoms with Gasteiger partial charge in [0.15, 0.2) is 0 Å². The lowest BCUT2D eigenvalue weighted by molar-refractivity contribution is 0.129. The van der Waals surface area contributed by atoms with E-state index >= 15 is 0 Å². The quantitative estimate of drug-likeness (QED) is 0.452. The molecule has 1 heteroatoms. The molecule has 10 heavy (non-hydrogen) atoms. The molecule has 1 aliphatic rings. The van der Waals surface area contributed by atoms with Crippen LogP contribution in [0, 0.1) is 17.9 Å². The second-order valence-electron chi connectivity index (χ2n) is 4.25. The van der Waals surface area contributed by atoms with E-state index in [-0.39, 0.29) is 0 Å². The molecule has 0 aromatic heterocycles. The van der Waals surface area contributed by atoms with Crippen molar-refractivity contribution < 1.29 is 0 Å². The molecule has 1 aliphatic carbocycles. The van der Waals surface area contributed by atoms with Crippen LogP contribution in [0.3, 0.4) is 0 Å². The van der Waals surface area contributed by atoms with Gasteiger partial charge in [0.2, 0.25) is 6.04 Å². The zero-order valence-electron chi connectivity index (χ0n) is 7.02. The highest BCUT2D eigenvalue weighted by molar-refractivity contribution is 4.99. The SMILES string of the molecule is [C-]#[N+]C1CCC1C(C)(C)C. The molecule has 0 bridgehead atoms. The van der Waals surface area contributed by atoms with Crippen LogP contribution in [0.2, 0.25) is 0 Å². The molecule has 0 radical (unpaired) electrons. The highest BCUT2D eigenvalue weighted by atomic mass is 14.8. The van der Waals surface area contributed by atoms with E-state index < -0.39 is 0 Å². The van der Waals surface area contributed by atoms with Crippen LogP contribution in [0.4, 0.5) is 0 Å². The molecule has 1 fully saturated rings. The fourth-order valence-electron chi connectivity index (χ4n) is 1.65. The number of hydrogen-bond acceptors (Lipinski definition) is 0. The summed E-state index contributed by atoms with van der Waals surface area (Å²) in [5.74, 6) is 0.657. The molecule has 0 spiro atoms. The minimum Gasteiger partial charge on any atom is -0.313 e. The fraction of sp³-hybridized carbons (Fsp3) is 0.889. The van der Waals surface area contributed by atoms with Crippen molar-refractivity contribution in [1.82, 2.24) is 0 Å². The van der Waals surface area contributed by atoms with Gasteiger partial charge < -0.3 is 4.85 Å². The van der Waals surface area contributed by atoms with Crippen LogP contribution in [0.1, 0.15) is 33.6 Å². The molecular weight excluding hydrogens is 122 g/mol. The molecule has 56 valence electrons. The van der Waals surface area contributed by atoms with E-state index in [1.807, 2.05) is 0 Å². The van der Waals surface area contributed by atoms with Crippen LogP contribution in [-0.4, -0.2) is 6.04 Å². The Bertz CT molecular complexity index is 159. The number of hydrogen-bond donors (Lipinski definition) is 0. The van der Waals surface area contributed by atoms with E-state index in [1.165, 1.54) is 6.42 Å². The maximum atomic E-state index is 6.90. The van der Waals surface area contributed by atoms with Gasteiger partial charge in [-0.15, -0.1) is 0 Å². The van der Waals surface area contributed by atoms with Crippen LogP contribution in [0.15, 0.2) is 0 Å². The van der Waals surface area contributed by atoms with Crippen molar-refractivity contribution in [2.45, 2.75) is 39.7 Å². The topological polar surface area (TPSA) is 4.36 Å². The minimum atomic E-state index is 0.333. The van der Waals surface area contributed by atoms with E-state index in [9.17, 15) is 0 Å². The standard InChI is InChI=1S/C9H15N/c1-9(2,3)7-5-6-8(7)10-4/h7-8H,5-6H2,1-3H3. The van der Waals surface area contributed by atoms with Gasteiger partial charge in [0.1, 0.15) is 0 Å². The molecule has 0 aliphatic heterocycles. The maximum Gasteiger partial charge on any atom is 0.227 e. The lowest BCUT2D eigenvalue weighted by atomic mass is 9.65. The van der Waals surface area contributed by atoms with Crippen LogP contribution >= 0.6 is 0 Å². The predicted octanol–water partition coefficient (Wildman–Crippen LogP) is 2.73. The molecule has 0 heterocycles. The Morgan fingerprint density at radius 1 is 1.30 bits per heavy atom. The highest BCUT2D eigenvalue weighted by Gasteiger charge is 2.43. The van der Waals surface area contributed by atoms with Crippen LogP contribution in [-0.2, 0) is 0 Å². The molecule has 0 N–H and O–H groups in total. The van der Waals surface area contributed by atoms with Crippen molar-refractivity contribution in [1.29, 1.82) is 0 Å². The summed E-state index contributed by atoms with van der Waals surface area (Å²) in [5, 5.41) is 0. The molecule has 1 nitrogen and oxygen atoms in total. The third-order valence-electron chi connectivity index (χ3n) is 2.52. The van der Waals surface area contributed by atoms with Gasteiger partial charge in [-0.05, 0) is 11.8 Å². The first-order valence-corrected chi connectivity index (χ1v) is 3.92. The summed E-state index contributed by atoms with van der Waals surface area (Å²) in [5.41, 5.74) is 0.355. The largest absolute Gasteiger partial charge is 0.313 e. The van der Waals surface area contributed by atoms with Gasteiger partial charge in [-0.1, -0.05) is 20.8 Å². The molecule has 2 unspecified atom stereocenters. The van der Waals surface area contributed by atoms with Gasteiger partial charge in [-0.25, -0.2) is 6.57 Å². The van der Waals surface area contributed by atoms with E-state index in [4.69, 9.17) is 6.57 Å². The van der Waals surface area contributed by atoms with Gasteiger partial charge >= 0.3 is 0 Å². The van der Waals surface area contributed by atoms with Gasteiger partial charge in [0.25, 0.3) is 0 Å². The summed E-state index contributed by atoms with van der Waals surface area (Å²) in [4.78, 5) is 3.59. The molecule has 1 rings (SSSR count). The molecular formula is C9H15N. The zero-order chi connectivity index (χ0) is 7.78. The number of nitrogens with zero attached hydrogens (tertiary/aromatic N) is 1. The van der Waals surface area contributed by atoms with E-state index in [0.29, 0.717) is 17.4 Å². The first-order chi connectivity index (χ1) is 4.55. The summed E-state index contributed by atoms with van der Waals surface area (Å²) in [7, 11) is 0. The van der Waals surface area contributed by atoms with Gasteiger partial charge in [-0.3, -0.25) is 0 Å². The van der Waals surface area contributed by atoms with Gasteiger partial charge in [-0.2, -0.15) is 0 Å². The average molecular weight is 137 g/mol. The lowest BCUT2D eigenvalue weighted by Crippen LogP contribution is -2.38. The van der Waals surface area contributed by atoms with E-state index in [2.05, 4.69) is 25.6 Å². The Morgan fingerprint density at radius 3 is 2.00 bits per heavy atom. The van der Waals surface area contributed by atoms with Crippen LogP contribution < -0.4 is 0 Å².